The van der Waals surface area contributed by atoms with Gasteiger partial charge in [-0.25, -0.2) is 4.79 Å². The van der Waals surface area contributed by atoms with Gasteiger partial charge in [-0.3, -0.25) is 0 Å². The first-order valence-corrected chi connectivity index (χ1v) is 8.19. The summed E-state index contributed by atoms with van der Waals surface area (Å²) in [6.45, 7) is 1.19. The van der Waals surface area contributed by atoms with E-state index >= 15 is 0 Å². The molecule has 0 atom stereocenters. The molecular formula is C17H20N2OS. The lowest BCUT2D eigenvalue weighted by atomic mass is 10.1. The normalized spacial score (nSPS) is 10.1. The lowest BCUT2D eigenvalue weighted by molar-refractivity contribution is 0.240. The number of carbonyl (C=O) groups is 1. The minimum absolute atomic E-state index is 0.125. The van der Waals surface area contributed by atoms with Gasteiger partial charge in [0.1, 0.15) is 0 Å². The van der Waals surface area contributed by atoms with Gasteiger partial charge in [0.2, 0.25) is 0 Å². The van der Waals surface area contributed by atoms with Gasteiger partial charge in [0, 0.05) is 18.0 Å². The van der Waals surface area contributed by atoms with Crippen LogP contribution in [0.25, 0.3) is 0 Å². The number of carbonyl (C=O) groups excluding carboxylic acids is 1. The standard InChI is InChI=1S/C17H20N2OS/c1-21-16-9-7-15(8-10-16)13-19-17(20)18-12-11-14-5-3-2-4-6-14/h2-10H,11-13H2,1H3,(H2,18,19,20). The molecule has 110 valence electrons. The lowest BCUT2D eigenvalue weighted by Gasteiger charge is -2.08. The first-order chi connectivity index (χ1) is 10.3. The zero-order chi connectivity index (χ0) is 14.9. The summed E-state index contributed by atoms with van der Waals surface area (Å²) in [4.78, 5) is 12.9. The molecule has 0 unspecified atom stereocenters. The molecule has 0 aliphatic carbocycles. The van der Waals surface area contributed by atoms with Crippen LogP contribution in [0.1, 0.15) is 11.1 Å². The molecule has 2 aromatic rings. The second-order valence-electron chi connectivity index (χ2n) is 4.69. The van der Waals surface area contributed by atoms with Gasteiger partial charge < -0.3 is 10.6 Å². The Morgan fingerprint density at radius 1 is 0.952 bits per heavy atom. The molecule has 0 radical (unpaired) electrons. The first kappa shape index (κ1) is 15.4. The van der Waals surface area contributed by atoms with Gasteiger partial charge in [0.15, 0.2) is 0 Å². The summed E-state index contributed by atoms with van der Waals surface area (Å²) in [5.74, 6) is 0. The van der Waals surface area contributed by atoms with Crippen LogP contribution in [0.3, 0.4) is 0 Å². The van der Waals surface area contributed by atoms with Gasteiger partial charge in [-0.2, -0.15) is 0 Å². The van der Waals surface area contributed by atoms with Crippen molar-refractivity contribution >= 4 is 17.8 Å². The largest absolute Gasteiger partial charge is 0.338 e. The molecule has 21 heavy (non-hydrogen) atoms. The van der Waals surface area contributed by atoms with E-state index in [1.807, 2.05) is 36.6 Å². The Kier molecular flexibility index (Phi) is 6.16. The average Bonchev–Trinajstić information content (AvgIpc) is 2.54. The second-order valence-corrected chi connectivity index (χ2v) is 5.57. The Labute approximate surface area is 130 Å². The fourth-order valence-corrected chi connectivity index (χ4v) is 2.36. The summed E-state index contributed by atoms with van der Waals surface area (Å²) >= 11 is 1.71. The van der Waals surface area contributed by atoms with E-state index in [1.165, 1.54) is 10.5 Å². The zero-order valence-corrected chi connectivity index (χ0v) is 13.0. The number of hydrogen-bond acceptors (Lipinski definition) is 2. The van der Waals surface area contributed by atoms with Crippen LogP contribution >= 0.6 is 11.8 Å². The highest BCUT2D eigenvalue weighted by Gasteiger charge is 2.00. The third-order valence-corrected chi connectivity index (χ3v) is 3.90. The van der Waals surface area contributed by atoms with Crippen LogP contribution in [-0.4, -0.2) is 18.8 Å². The number of amides is 2. The van der Waals surface area contributed by atoms with E-state index in [9.17, 15) is 4.79 Å². The van der Waals surface area contributed by atoms with Crippen LogP contribution in [0.2, 0.25) is 0 Å². The van der Waals surface area contributed by atoms with E-state index in [0.29, 0.717) is 13.1 Å². The van der Waals surface area contributed by atoms with Crippen molar-refractivity contribution in [2.24, 2.45) is 0 Å². The van der Waals surface area contributed by atoms with Crippen LogP contribution in [-0.2, 0) is 13.0 Å². The predicted octanol–water partition coefficient (Wildman–Crippen LogP) is 3.45. The minimum Gasteiger partial charge on any atom is -0.338 e. The van der Waals surface area contributed by atoms with Crippen molar-refractivity contribution in [3.05, 3.63) is 65.7 Å². The molecule has 2 amide bonds. The van der Waals surface area contributed by atoms with E-state index in [0.717, 1.165) is 12.0 Å². The van der Waals surface area contributed by atoms with E-state index in [2.05, 4.69) is 34.9 Å². The summed E-state index contributed by atoms with van der Waals surface area (Å²) in [6, 6.07) is 18.2. The van der Waals surface area contributed by atoms with Gasteiger partial charge in [0.25, 0.3) is 0 Å². The maximum absolute atomic E-state index is 11.7. The maximum atomic E-state index is 11.7. The van der Waals surface area contributed by atoms with Crippen LogP contribution in [0.15, 0.2) is 59.5 Å². The van der Waals surface area contributed by atoms with Crippen LogP contribution < -0.4 is 10.6 Å². The minimum atomic E-state index is -0.125. The summed E-state index contributed by atoms with van der Waals surface area (Å²) in [7, 11) is 0. The van der Waals surface area contributed by atoms with Gasteiger partial charge >= 0.3 is 6.03 Å². The van der Waals surface area contributed by atoms with Crippen LogP contribution in [0.5, 0.6) is 0 Å². The van der Waals surface area contributed by atoms with Gasteiger partial charge in [-0.1, -0.05) is 42.5 Å². The highest BCUT2D eigenvalue weighted by molar-refractivity contribution is 7.98. The fraction of sp³-hybridized carbons (Fsp3) is 0.235. The molecule has 0 aromatic heterocycles. The zero-order valence-electron chi connectivity index (χ0n) is 12.1. The Morgan fingerprint density at radius 3 is 2.33 bits per heavy atom. The lowest BCUT2D eigenvalue weighted by Crippen LogP contribution is -2.36. The fourth-order valence-electron chi connectivity index (χ4n) is 1.95. The monoisotopic (exact) mass is 300 g/mol. The number of nitrogens with one attached hydrogen (secondary N) is 2. The second kappa shape index (κ2) is 8.37. The summed E-state index contributed by atoms with van der Waals surface area (Å²) in [6.07, 6.45) is 2.89. The van der Waals surface area contributed by atoms with Crippen LogP contribution in [0, 0.1) is 0 Å². The molecule has 2 aromatic carbocycles. The molecule has 0 fully saturated rings. The Hall–Kier alpha value is -1.94. The maximum Gasteiger partial charge on any atom is 0.315 e. The van der Waals surface area contributed by atoms with Gasteiger partial charge in [-0.05, 0) is 35.9 Å². The summed E-state index contributed by atoms with van der Waals surface area (Å²) in [5, 5.41) is 5.74. The number of rotatable bonds is 6. The third-order valence-electron chi connectivity index (χ3n) is 3.15. The number of benzene rings is 2. The van der Waals surface area contributed by atoms with E-state index in [-0.39, 0.29) is 6.03 Å². The smallest absolute Gasteiger partial charge is 0.315 e. The van der Waals surface area contributed by atoms with Crippen molar-refractivity contribution in [2.45, 2.75) is 17.9 Å². The summed E-state index contributed by atoms with van der Waals surface area (Å²) < 4.78 is 0. The van der Waals surface area contributed by atoms with Gasteiger partial charge in [-0.15, -0.1) is 11.8 Å². The quantitative estimate of drug-likeness (QED) is 0.802. The Bertz CT molecular complexity index is 555. The van der Waals surface area contributed by atoms with E-state index in [4.69, 9.17) is 0 Å². The van der Waals surface area contributed by atoms with Gasteiger partial charge in [0.05, 0.1) is 0 Å². The molecule has 0 aliphatic heterocycles. The molecule has 0 saturated heterocycles. The predicted molar refractivity (Wildman–Crippen MR) is 88.6 cm³/mol. The van der Waals surface area contributed by atoms with E-state index < -0.39 is 0 Å². The SMILES string of the molecule is CSc1ccc(CNC(=O)NCCc2ccccc2)cc1. The van der Waals surface area contributed by atoms with Crippen molar-refractivity contribution in [1.29, 1.82) is 0 Å². The Morgan fingerprint density at radius 2 is 1.67 bits per heavy atom. The highest BCUT2D eigenvalue weighted by atomic mass is 32.2. The Balaban J connectivity index is 1.67. The van der Waals surface area contributed by atoms with E-state index in [1.54, 1.807) is 11.8 Å². The number of urea groups is 1. The summed E-state index contributed by atoms with van der Waals surface area (Å²) in [5.41, 5.74) is 2.33. The molecule has 0 spiro atoms. The molecule has 3 nitrogen and oxygen atoms in total. The van der Waals surface area contributed by atoms with Crippen molar-refractivity contribution in [3.63, 3.8) is 0 Å². The molecule has 0 saturated carbocycles. The average molecular weight is 300 g/mol. The molecular weight excluding hydrogens is 280 g/mol. The number of hydrogen-bond donors (Lipinski definition) is 2. The molecule has 2 rings (SSSR count). The third kappa shape index (κ3) is 5.52. The highest BCUT2D eigenvalue weighted by Crippen LogP contribution is 2.14. The molecule has 2 N–H and O–H groups in total. The molecule has 0 aliphatic rings. The van der Waals surface area contributed by atoms with Crippen molar-refractivity contribution in [3.8, 4) is 0 Å². The topological polar surface area (TPSA) is 41.1 Å². The first-order valence-electron chi connectivity index (χ1n) is 6.96. The molecule has 0 heterocycles. The van der Waals surface area contributed by atoms with Crippen molar-refractivity contribution in [2.75, 3.05) is 12.8 Å². The molecule has 4 heteroatoms. The van der Waals surface area contributed by atoms with Crippen LogP contribution in [0.4, 0.5) is 4.79 Å². The van der Waals surface area contributed by atoms with Crippen molar-refractivity contribution in [1.82, 2.24) is 10.6 Å². The van der Waals surface area contributed by atoms with Crippen molar-refractivity contribution < 1.29 is 4.79 Å². The number of thioether (sulfide) groups is 1. The molecule has 0 bridgehead atoms.